The molecule has 3 saturated heterocycles. The summed E-state index contributed by atoms with van der Waals surface area (Å²) in [5, 5.41) is 22.3. The largest absolute Gasteiger partial charge is 0.480 e. The highest BCUT2D eigenvalue weighted by Gasteiger charge is 2.51. The van der Waals surface area contributed by atoms with Crippen LogP contribution in [0.15, 0.2) is 30.3 Å². The van der Waals surface area contributed by atoms with Crippen molar-refractivity contribution in [1.82, 2.24) is 10.2 Å². The van der Waals surface area contributed by atoms with Crippen molar-refractivity contribution in [1.29, 1.82) is 0 Å². The predicted molar refractivity (Wildman–Crippen MR) is 125 cm³/mol. The molecular weight excluding hydrogens is 490 g/mol. The number of fused-ring (bicyclic) bond motifs is 1. The molecule has 4 unspecified atom stereocenters. The topological polar surface area (TPSA) is 167 Å². The SMILES string of the molecule is C[C@H](N[C@@H](CCc1ccccc1)C(=O)O[C@H]1COC2C(O[N+](=O)[O-])COC21)C(=O)N1CCCC1C(=O)O. The molecule has 4 rings (SSSR count). The number of amides is 1. The van der Waals surface area contributed by atoms with Gasteiger partial charge < -0.3 is 29.1 Å². The standard InChI is InChI=1S/C24H31N3O10/c1-14(22(28)26-11-5-8-17(26)23(29)30)25-16(10-9-15-6-3-2-4-7-15)24(31)36-18-12-34-21-19(37-27(32)33)13-35-20(18)21/h2-4,6-7,14,16-21,25H,5,8-13H2,1H3,(H,29,30)/t14-,16-,17?,18-,19?,20?,21?/m0/s1. The zero-order chi connectivity index (χ0) is 26.5. The molecule has 3 fully saturated rings. The number of hydrogen-bond donors (Lipinski definition) is 2. The van der Waals surface area contributed by atoms with E-state index in [4.69, 9.17) is 14.2 Å². The summed E-state index contributed by atoms with van der Waals surface area (Å²) in [6.07, 6.45) is -1.31. The number of hydrogen-bond acceptors (Lipinski definition) is 10. The Morgan fingerprint density at radius 3 is 2.54 bits per heavy atom. The van der Waals surface area contributed by atoms with Gasteiger partial charge in [-0.15, -0.1) is 10.1 Å². The molecule has 0 bridgehead atoms. The summed E-state index contributed by atoms with van der Waals surface area (Å²) in [7, 11) is 0. The van der Waals surface area contributed by atoms with Crippen molar-refractivity contribution in [3.63, 3.8) is 0 Å². The van der Waals surface area contributed by atoms with Gasteiger partial charge in [0.05, 0.1) is 19.3 Å². The van der Waals surface area contributed by atoms with E-state index in [0.29, 0.717) is 32.2 Å². The molecule has 13 nitrogen and oxygen atoms in total. The Bertz CT molecular complexity index is 992. The van der Waals surface area contributed by atoms with Crippen LogP contribution in [0.5, 0.6) is 0 Å². The maximum atomic E-state index is 13.3. The van der Waals surface area contributed by atoms with Crippen LogP contribution in [0, 0.1) is 10.1 Å². The maximum absolute atomic E-state index is 13.3. The molecule has 1 aromatic carbocycles. The van der Waals surface area contributed by atoms with Crippen LogP contribution in [0.3, 0.4) is 0 Å². The minimum Gasteiger partial charge on any atom is -0.480 e. The van der Waals surface area contributed by atoms with Crippen LogP contribution in [0.25, 0.3) is 0 Å². The zero-order valence-electron chi connectivity index (χ0n) is 20.4. The van der Waals surface area contributed by atoms with Gasteiger partial charge in [-0.1, -0.05) is 30.3 Å². The summed E-state index contributed by atoms with van der Waals surface area (Å²) in [5.41, 5.74) is 0.995. The Morgan fingerprint density at radius 1 is 1.19 bits per heavy atom. The summed E-state index contributed by atoms with van der Waals surface area (Å²) in [5.74, 6) is -2.07. The van der Waals surface area contributed by atoms with Crippen molar-refractivity contribution in [2.24, 2.45) is 0 Å². The van der Waals surface area contributed by atoms with Crippen LogP contribution >= 0.6 is 0 Å². The molecular formula is C24H31N3O10. The average molecular weight is 522 g/mol. The Hall–Kier alpha value is -3.29. The van der Waals surface area contributed by atoms with E-state index < -0.39 is 65.5 Å². The van der Waals surface area contributed by atoms with Gasteiger partial charge in [0.1, 0.15) is 24.3 Å². The van der Waals surface area contributed by atoms with Crippen molar-refractivity contribution in [2.45, 2.75) is 75.1 Å². The van der Waals surface area contributed by atoms with Gasteiger partial charge in [-0.25, -0.2) is 4.79 Å². The van der Waals surface area contributed by atoms with E-state index in [0.717, 1.165) is 5.56 Å². The maximum Gasteiger partial charge on any atom is 0.326 e. The number of nitrogens with one attached hydrogen (secondary N) is 1. The molecule has 7 atom stereocenters. The highest BCUT2D eigenvalue weighted by atomic mass is 17.0. The van der Waals surface area contributed by atoms with Crippen LogP contribution in [-0.4, -0.2) is 95.2 Å². The number of benzene rings is 1. The number of esters is 1. The first-order valence-electron chi connectivity index (χ1n) is 12.3. The lowest BCUT2D eigenvalue weighted by Crippen LogP contribution is -2.53. The average Bonchev–Trinajstić information content (AvgIpc) is 3.60. The summed E-state index contributed by atoms with van der Waals surface area (Å²) in [6.45, 7) is 1.86. The van der Waals surface area contributed by atoms with Gasteiger partial charge in [0.15, 0.2) is 12.2 Å². The van der Waals surface area contributed by atoms with Crippen LogP contribution in [0.2, 0.25) is 0 Å². The molecule has 0 aromatic heterocycles. The summed E-state index contributed by atoms with van der Waals surface area (Å²) >= 11 is 0. The van der Waals surface area contributed by atoms with E-state index in [9.17, 15) is 29.6 Å². The van der Waals surface area contributed by atoms with Crippen molar-refractivity contribution in [3.05, 3.63) is 46.0 Å². The molecule has 0 spiro atoms. The number of aliphatic carboxylic acids is 1. The van der Waals surface area contributed by atoms with Crippen LogP contribution < -0.4 is 5.32 Å². The Labute approximate surface area is 213 Å². The van der Waals surface area contributed by atoms with Gasteiger partial charge >= 0.3 is 11.9 Å². The fraction of sp³-hybridized carbons (Fsp3) is 0.625. The lowest BCUT2D eigenvalue weighted by molar-refractivity contribution is -0.769. The second-order valence-corrected chi connectivity index (χ2v) is 9.43. The van der Waals surface area contributed by atoms with Gasteiger partial charge in [0, 0.05) is 6.54 Å². The second kappa shape index (κ2) is 11.8. The number of rotatable bonds is 11. The molecule has 202 valence electrons. The normalized spacial score (nSPS) is 28.4. The lowest BCUT2D eigenvalue weighted by Gasteiger charge is -2.28. The first-order valence-corrected chi connectivity index (χ1v) is 12.3. The third-order valence-corrected chi connectivity index (χ3v) is 6.94. The molecule has 3 aliphatic heterocycles. The summed E-state index contributed by atoms with van der Waals surface area (Å²) in [6, 6.07) is 6.92. The highest BCUT2D eigenvalue weighted by Crippen LogP contribution is 2.31. The minimum absolute atomic E-state index is 0.00733. The van der Waals surface area contributed by atoms with Gasteiger partial charge in [-0.3, -0.25) is 14.9 Å². The Balaban J connectivity index is 1.41. The van der Waals surface area contributed by atoms with Gasteiger partial charge in [-0.2, -0.15) is 0 Å². The highest BCUT2D eigenvalue weighted by molar-refractivity contribution is 5.88. The second-order valence-electron chi connectivity index (χ2n) is 9.43. The fourth-order valence-electron chi connectivity index (χ4n) is 5.10. The third kappa shape index (κ3) is 6.35. The van der Waals surface area contributed by atoms with Gasteiger partial charge in [0.2, 0.25) is 5.91 Å². The molecule has 0 radical (unpaired) electrons. The first kappa shape index (κ1) is 26.8. The number of carbonyl (C=O) groups excluding carboxylic acids is 2. The van der Waals surface area contributed by atoms with Crippen LogP contribution in [0.1, 0.15) is 31.7 Å². The third-order valence-electron chi connectivity index (χ3n) is 6.94. The monoisotopic (exact) mass is 521 g/mol. The summed E-state index contributed by atoms with van der Waals surface area (Å²) in [4.78, 5) is 54.5. The zero-order valence-corrected chi connectivity index (χ0v) is 20.4. The number of ether oxygens (including phenoxy) is 3. The van der Waals surface area contributed by atoms with Crippen LogP contribution in [-0.2, 0) is 39.9 Å². The Morgan fingerprint density at radius 2 is 1.86 bits per heavy atom. The molecule has 2 N–H and O–H groups in total. The lowest BCUT2D eigenvalue weighted by atomic mass is 10.0. The molecule has 37 heavy (non-hydrogen) atoms. The van der Waals surface area contributed by atoms with E-state index >= 15 is 0 Å². The molecule has 0 saturated carbocycles. The predicted octanol–water partition coefficient (Wildman–Crippen LogP) is 0.328. The molecule has 1 amide bonds. The minimum atomic E-state index is -1.05. The number of likely N-dealkylation sites (tertiary alicyclic amines) is 1. The number of carbonyl (C=O) groups is 3. The van der Waals surface area contributed by atoms with Gasteiger partial charge in [-0.05, 0) is 38.2 Å². The number of carboxylic acid groups (broad SMARTS) is 1. The van der Waals surface area contributed by atoms with E-state index in [1.165, 1.54) is 4.90 Å². The number of nitrogens with zero attached hydrogens (tertiary/aromatic N) is 2. The number of aryl methyl sites for hydroxylation is 1. The van der Waals surface area contributed by atoms with E-state index in [1.807, 2.05) is 30.3 Å². The van der Waals surface area contributed by atoms with E-state index in [1.54, 1.807) is 6.92 Å². The van der Waals surface area contributed by atoms with Crippen molar-refractivity contribution in [2.75, 3.05) is 19.8 Å². The van der Waals surface area contributed by atoms with Crippen molar-refractivity contribution >= 4 is 17.8 Å². The molecule has 3 heterocycles. The Kier molecular flexibility index (Phi) is 8.56. The number of carboxylic acids is 1. The molecule has 1 aromatic rings. The smallest absolute Gasteiger partial charge is 0.326 e. The molecule has 0 aliphatic carbocycles. The van der Waals surface area contributed by atoms with E-state index in [-0.39, 0.29) is 13.2 Å². The van der Waals surface area contributed by atoms with Crippen molar-refractivity contribution < 1.29 is 43.6 Å². The van der Waals surface area contributed by atoms with Crippen molar-refractivity contribution in [3.8, 4) is 0 Å². The molecule has 3 aliphatic rings. The molecule has 13 heteroatoms. The van der Waals surface area contributed by atoms with E-state index in [2.05, 4.69) is 10.2 Å². The quantitative estimate of drug-likeness (QED) is 0.234. The fourth-order valence-corrected chi connectivity index (χ4v) is 5.10. The summed E-state index contributed by atoms with van der Waals surface area (Å²) < 4.78 is 16.8. The van der Waals surface area contributed by atoms with Crippen LogP contribution in [0.4, 0.5) is 0 Å². The van der Waals surface area contributed by atoms with Gasteiger partial charge in [0.25, 0.3) is 5.09 Å². The first-order chi connectivity index (χ1) is 17.7.